The molecule has 2 aliphatic heterocycles. The van der Waals surface area contributed by atoms with Gasteiger partial charge in [-0.1, -0.05) is 12.1 Å². The Kier molecular flexibility index (Phi) is 4.82. The second-order valence-corrected chi connectivity index (χ2v) is 7.23. The Morgan fingerprint density at radius 3 is 2.88 bits per heavy atom. The van der Waals surface area contributed by atoms with Gasteiger partial charge >= 0.3 is 0 Å². The fourth-order valence-corrected chi connectivity index (χ4v) is 4.07. The van der Waals surface area contributed by atoms with Crippen LogP contribution in [-0.2, 0) is 13.1 Å². The Balaban J connectivity index is 1.45. The number of aliphatic hydroxyl groups is 1. The molecule has 0 bridgehead atoms. The van der Waals surface area contributed by atoms with E-state index in [2.05, 4.69) is 33.8 Å². The van der Waals surface area contributed by atoms with E-state index in [9.17, 15) is 9.90 Å². The number of hydrogen-bond donors (Lipinski definition) is 1. The molecule has 4 rings (SSSR count). The quantitative estimate of drug-likeness (QED) is 0.905. The molecule has 1 N–H and O–H groups in total. The molecule has 1 amide bonds. The van der Waals surface area contributed by atoms with Crippen molar-refractivity contribution >= 4 is 5.91 Å². The Morgan fingerprint density at radius 1 is 1.31 bits per heavy atom. The van der Waals surface area contributed by atoms with Crippen molar-refractivity contribution < 1.29 is 14.4 Å². The zero-order valence-electron chi connectivity index (χ0n) is 15.2. The third kappa shape index (κ3) is 3.29. The lowest BCUT2D eigenvalue weighted by molar-refractivity contribution is 0.0606. The summed E-state index contributed by atoms with van der Waals surface area (Å²) in [6, 6.07) is 5.98. The van der Waals surface area contributed by atoms with Gasteiger partial charge in [-0.05, 0) is 31.4 Å². The van der Waals surface area contributed by atoms with Crippen molar-refractivity contribution in [1.82, 2.24) is 19.5 Å². The van der Waals surface area contributed by atoms with Crippen molar-refractivity contribution in [2.75, 3.05) is 19.6 Å². The van der Waals surface area contributed by atoms with Gasteiger partial charge in [-0.25, -0.2) is 0 Å². The molecule has 1 fully saturated rings. The molecule has 2 aromatic rings. The summed E-state index contributed by atoms with van der Waals surface area (Å²) in [7, 11) is 0. The maximum absolute atomic E-state index is 13.0. The number of likely N-dealkylation sites (tertiary alicyclic amines) is 1. The first kappa shape index (κ1) is 17.3. The highest BCUT2D eigenvalue weighted by molar-refractivity contribution is 5.92. The van der Waals surface area contributed by atoms with Gasteiger partial charge in [0.15, 0.2) is 11.5 Å². The third-order valence-electron chi connectivity index (χ3n) is 5.53. The lowest BCUT2D eigenvalue weighted by Gasteiger charge is -2.36. The molecule has 140 valence electrons. The van der Waals surface area contributed by atoms with Crippen molar-refractivity contribution in [3.63, 3.8) is 0 Å². The standard InChI is InChI=1S/C19H26N4O3/c1-2-17-18-4-3-7-22(18)10-11-23(17)19(25)16-12-15(26-20-16)13-21-8-5-14(24)6-9-21/h3-4,7,12,14,17,24H,2,5-6,8-11,13H2,1H3. The van der Waals surface area contributed by atoms with Gasteiger partial charge in [0.05, 0.1) is 18.7 Å². The number of piperidine rings is 1. The Morgan fingerprint density at radius 2 is 2.12 bits per heavy atom. The van der Waals surface area contributed by atoms with Gasteiger partial charge < -0.3 is 19.1 Å². The fraction of sp³-hybridized carbons (Fsp3) is 0.579. The predicted octanol–water partition coefficient (Wildman–Crippen LogP) is 2.04. The Bertz CT molecular complexity index is 760. The molecule has 0 aromatic carbocycles. The van der Waals surface area contributed by atoms with E-state index in [0.717, 1.165) is 38.9 Å². The molecule has 1 atom stereocenters. The van der Waals surface area contributed by atoms with E-state index >= 15 is 0 Å². The molecular formula is C19H26N4O3. The maximum Gasteiger partial charge on any atom is 0.276 e. The highest BCUT2D eigenvalue weighted by atomic mass is 16.5. The monoisotopic (exact) mass is 358 g/mol. The van der Waals surface area contributed by atoms with Gasteiger partial charge in [-0.2, -0.15) is 0 Å². The second-order valence-electron chi connectivity index (χ2n) is 7.23. The van der Waals surface area contributed by atoms with Crippen molar-refractivity contribution in [3.8, 4) is 0 Å². The van der Waals surface area contributed by atoms with Crippen LogP contribution in [0.25, 0.3) is 0 Å². The maximum atomic E-state index is 13.0. The van der Waals surface area contributed by atoms with Crippen LogP contribution in [0, 0.1) is 0 Å². The van der Waals surface area contributed by atoms with Gasteiger partial charge in [0.2, 0.25) is 0 Å². The van der Waals surface area contributed by atoms with Crippen LogP contribution in [0.15, 0.2) is 28.9 Å². The summed E-state index contributed by atoms with van der Waals surface area (Å²) in [5, 5.41) is 13.6. The van der Waals surface area contributed by atoms with Crippen molar-refractivity contribution in [3.05, 3.63) is 41.5 Å². The normalized spacial score (nSPS) is 21.8. The average molecular weight is 358 g/mol. The lowest BCUT2D eigenvalue weighted by Crippen LogP contribution is -2.41. The van der Waals surface area contributed by atoms with Crippen LogP contribution in [-0.4, -0.2) is 56.3 Å². The highest BCUT2D eigenvalue weighted by Gasteiger charge is 2.31. The lowest BCUT2D eigenvalue weighted by atomic mass is 10.1. The second kappa shape index (κ2) is 7.25. The van der Waals surface area contributed by atoms with Crippen molar-refractivity contribution in [2.24, 2.45) is 0 Å². The summed E-state index contributed by atoms with van der Waals surface area (Å²) in [6.07, 6.45) is 4.32. The minimum Gasteiger partial charge on any atom is -0.393 e. The Hall–Kier alpha value is -2.12. The van der Waals surface area contributed by atoms with Gasteiger partial charge in [-0.3, -0.25) is 9.69 Å². The molecule has 26 heavy (non-hydrogen) atoms. The van der Waals surface area contributed by atoms with E-state index in [0.29, 0.717) is 24.5 Å². The zero-order chi connectivity index (χ0) is 18.1. The number of aliphatic hydroxyl groups excluding tert-OH is 1. The molecule has 1 saturated heterocycles. The molecule has 4 heterocycles. The van der Waals surface area contributed by atoms with Gasteiger partial charge in [-0.15, -0.1) is 0 Å². The third-order valence-corrected chi connectivity index (χ3v) is 5.53. The molecular weight excluding hydrogens is 332 g/mol. The number of carbonyl (C=O) groups is 1. The van der Waals surface area contributed by atoms with Crippen molar-refractivity contribution in [1.29, 1.82) is 0 Å². The summed E-state index contributed by atoms with van der Waals surface area (Å²) in [6.45, 7) is 5.91. The van der Waals surface area contributed by atoms with Crippen molar-refractivity contribution in [2.45, 2.75) is 51.4 Å². The van der Waals surface area contributed by atoms with E-state index in [-0.39, 0.29) is 18.1 Å². The first-order valence-electron chi connectivity index (χ1n) is 9.47. The molecule has 7 nitrogen and oxygen atoms in total. The van der Waals surface area contributed by atoms with Crippen LogP contribution in [0.1, 0.15) is 54.2 Å². The van der Waals surface area contributed by atoms with E-state index in [1.807, 2.05) is 11.0 Å². The van der Waals surface area contributed by atoms with E-state index < -0.39 is 0 Å². The largest absolute Gasteiger partial charge is 0.393 e. The van der Waals surface area contributed by atoms with E-state index in [1.54, 1.807) is 6.07 Å². The molecule has 0 radical (unpaired) electrons. The van der Waals surface area contributed by atoms with Gasteiger partial charge in [0, 0.05) is 44.1 Å². The fourth-order valence-electron chi connectivity index (χ4n) is 4.07. The van der Waals surface area contributed by atoms with Crippen LogP contribution in [0.4, 0.5) is 0 Å². The zero-order valence-corrected chi connectivity index (χ0v) is 15.2. The molecule has 2 aromatic heterocycles. The van der Waals surface area contributed by atoms with Crippen LogP contribution >= 0.6 is 0 Å². The number of nitrogens with zero attached hydrogens (tertiary/aromatic N) is 4. The molecule has 1 unspecified atom stereocenters. The first-order valence-corrected chi connectivity index (χ1v) is 9.47. The topological polar surface area (TPSA) is 74.7 Å². The average Bonchev–Trinajstić information content (AvgIpc) is 3.31. The molecule has 0 aliphatic carbocycles. The number of aromatic nitrogens is 2. The first-order chi connectivity index (χ1) is 12.7. The van der Waals surface area contributed by atoms with Gasteiger partial charge in [0.1, 0.15) is 0 Å². The highest BCUT2D eigenvalue weighted by Crippen LogP contribution is 2.30. The minimum absolute atomic E-state index is 0.0617. The number of carbonyl (C=O) groups excluding carboxylic acids is 1. The summed E-state index contributed by atoms with van der Waals surface area (Å²) >= 11 is 0. The van der Waals surface area contributed by atoms with Crippen LogP contribution < -0.4 is 0 Å². The van der Waals surface area contributed by atoms with E-state index in [1.165, 1.54) is 5.69 Å². The molecule has 2 aliphatic rings. The summed E-state index contributed by atoms with van der Waals surface area (Å²) in [5.41, 5.74) is 1.57. The number of fused-ring (bicyclic) bond motifs is 1. The summed E-state index contributed by atoms with van der Waals surface area (Å²) in [5.74, 6) is 0.645. The molecule has 0 saturated carbocycles. The van der Waals surface area contributed by atoms with Crippen LogP contribution in [0.3, 0.4) is 0 Å². The Labute approximate surface area is 153 Å². The predicted molar refractivity (Wildman–Crippen MR) is 95.5 cm³/mol. The number of rotatable bonds is 4. The SMILES string of the molecule is CCC1c2cccn2CCN1C(=O)c1cc(CN2CCC(O)CC2)on1. The minimum atomic E-state index is -0.192. The molecule has 7 heteroatoms. The number of hydrogen-bond acceptors (Lipinski definition) is 5. The summed E-state index contributed by atoms with van der Waals surface area (Å²) < 4.78 is 7.64. The van der Waals surface area contributed by atoms with Crippen LogP contribution in [0.2, 0.25) is 0 Å². The smallest absolute Gasteiger partial charge is 0.276 e. The van der Waals surface area contributed by atoms with E-state index in [4.69, 9.17) is 4.52 Å². The summed E-state index contributed by atoms with van der Waals surface area (Å²) in [4.78, 5) is 17.1. The number of amides is 1. The molecule has 0 spiro atoms. The van der Waals surface area contributed by atoms with Gasteiger partial charge in [0.25, 0.3) is 5.91 Å². The van der Waals surface area contributed by atoms with Crippen LogP contribution in [0.5, 0.6) is 0 Å².